The van der Waals surface area contributed by atoms with Gasteiger partial charge in [-0.15, -0.1) is 0 Å². The zero-order valence-corrected chi connectivity index (χ0v) is 39.5. The number of ether oxygens (including phenoxy) is 6. The maximum atomic E-state index is 14.4. The van der Waals surface area contributed by atoms with E-state index in [9.17, 15) is 76.3 Å². The van der Waals surface area contributed by atoms with Crippen LogP contribution in [0.2, 0.25) is 0 Å². The molecule has 0 aromatic rings. The number of esters is 1. The van der Waals surface area contributed by atoms with Gasteiger partial charge >= 0.3 is 5.97 Å². The summed E-state index contributed by atoms with van der Waals surface area (Å²) in [6.45, 7) is 9.74. The van der Waals surface area contributed by atoms with Gasteiger partial charge in [-0.1, -0.05) is 46.3 Å². The van der Waals surface area contributed by atoms with Gasteiger partial charge in [0.05, 0.1) is 50.2 Å². The fourth-order valence-corrected chi connectivity index (χ4v) is 14.9. The summed E-state index contributed by atoms with van der Waals surface area (Å²) in [7, 11) is 0. The highest BCUT2D eigenvalue weighted by Crippen LogP contribution is 2.70. The molecule has 0 radical (unpaired) electrons. The number of rotatable bonds is 9. The van der Waals surface area contributed by atoms with Crippen LogP contribution in [0, 0.1) is 63.6 Å². The molecular weight excluding hydrogens is 900 g/mol. The van der Waals surface area contributed by atoms with Crippen molar-refractivity contribution in [2.24, 2.45) is 63.6 Å². The number of hydrogen-bond donors (Lipinski definition) is 14. The van der Waals surface area contributed by atoms with Crippen LogP contribution in [0.3, 0.4) is 0 Å². The Morgan fingerprint density at radius 3 is 2.07 bits per heavy atom. The molecule has 28 atom stereocenters. The number of hydrogen-bond acceptors (Lipinski definition) is 21. The van der Waals surface area contributed by atoms with E-state index in [1.807, 2.05) is 0 Å². The molecule has 3 heterocycles. The third-order valence-corrected chi connectivity index (χ3v) is 18.8. The molecule has 22 unspecified atom stereocenters. The third kappa shape index (κ3) is 8.33. The summed E-state index contributed by atoms with van der Waals surface area (Å²) < 4.78 is 34.0. The average molecular weight is 977 g/mol. The Balaban J connectivity index is 0.941. The first-order valence-corrected chi connectivity index (χ1v) is 24.4. The standard InChI is InChI=1S/C47H76O21/c1-17-11-21(20-9-10-44(4)23(29(20)18(17)2)8-7-22-24(44)12-25(50)36-45(22,5)13-26(51)38(58)46(36,6)16-49)40(60)68-42-33(55)31(53)30(52)28(66-42)15-63-41-34(56)32(54)35(27(14-48)65-41)67-43-39(59)47(61,62)37(57)19(3)64-43/h8,17-22,24-39,41-43,48-59,61-62H,7,9-16H2,1-6H3/t17?,18?,19?,20?,21?,22?,24?,25?,26?,27?,28?,29?,30-,31?,32?,33+,34+,35+,36?,37+,38?,39-,41?,42?,43?,44?,45?,46?/m1/s1. The molecule has 0 amide bonds. The maximum Gasteiger partial charge on any atom is 0.311 e. The Bertz CT molecular complexity index is 1840. The number of aliphatic hydroxyl groups is 14. The average Bonchev–Trinajstić information content (AvgIpc) is 3.29. The molecule has 21 heteroatoms. The lowest BCUT2D eigenvalue weighted by atomic mass is 9.37. The van der Waals surface area contributed by atoms with E-state index >= 15 is 0 Å². The van der Waals surface area contributed by atoms with Gasteiger partial charge in [0, 0.05) is 11.3 Å². The topological polar surface area (TPSA) is 356 Å². The van der Waals surface area contributed by atoms with Gasteiger partial charge in [0.1, 0.15) is 54.9 Å². The second-order valence-corrected chi connectivity index (χ2v) is 22.6. The first kappa shape index (κ1) is 52.8. The number of aliphatic hydroxyl groups excluding tert-OH is 12. The van der Waals surface area contributed by atoms with Gasteiger partial charge in [0.25, 0.3) is 0 Å². The van der Waals surface area contributed by atoms with Crippen molar-refractivity contribution in [2.75, 3.05) is 19.8 Å². The highest BCUT2D eigenvalue weighted by Gasteiger charge is 2.68. The molecule has 8 rings (SSSR count). The molecule has 0 bridgehead atoms. The summed E-state index contributed by atoms with van der Waals surface area (Å²) >= 11 is 0. The summed E-state index contributed by atoms with van der Waals surface area (Å²) in [4.78, 5) is 14.4. The van der Waals surface area contributed by atoms with Gasteiger partial charge in [-0.05, 0) is 91.8 Å². The first-order valence-electron chi connectivity index (χ1n) is 24.4. The molecule has 4 saturated carbocycles. The van der Waals surface area contributed by atoms with Gasteiger partial charge in [-0.3, -0.25) is 4.79 Å². The second kappa shape index (κ2) is 19.1. The van der Waals surface area contributed by atoms with Gasteiger partial charge in [0.15, 0.2) is 18.7 Å². The quantitative estimate of drug-likeness (QED) is 0.0612. The largest absolute Gasteiger partial charge is 0.432 e. The molecule has 0 spiro atoms. The van der Waals surface area contributed by atoms with Crippen LogP contribution in [0.4, 0.5) is 0 Å². The lowest BCUT2D eigenvalue weighted by Crippen LogP contribution is -2.68. The van der Waals surface area contributed by atoms with Crippen molar-refractivity contribution in [3.05, 3.63) is 11.6 Å². The lowest BCUT2D eigenvalue weighted by Gasteiger charge is -2.68. The van der Waals surface area contributed by atoms with Crippen LogP contribution in [-0.2, 0) is 33.2 Å². The number of carbonyl (C=O) groups excluding carboxylic acids is 1. The molecule has 68 heavy (non-hydrogen) atoms. The SMILES string of the molecule is CC1CC(C(=O)OC2OC(COC3OC(CO)[C@H](OC4OC(C)[C@H](O)C(O)(O)[C@@H]4O)C(O)[C@@H]3O)[C@@H](O)C(O)[C@@H]2O)C2CCC3(C)C(=CCC4C3CC(O)C3C(C)(CO)C(O)C(O)CC43C)C2C1C. The zero-order valence-electron chi connectivity index (χ0n) is 39.5. The van der Waals surface area contributed by atoms with Crippen LogP contribution in [0.1, 0.15) is 80.1 Å². The highest BCUT2D eigenvalue weighted by molar-refractivity contribution is 5.73. The van der Waals surface area contributed by atoms with Crippen LogP contribution in [0.25, 0.3) is 0 Å². The van der Waals surface area contributed by atoms with Gasteiger partial charge in [-0.25, -0.2) is 0 Å². The molecule has 0 aromatic carbocycles. The molecule has 3 saturated heterocycles. The van der Waals surface area contributed by atoms with Crippen LogP contribution >= 0.6 is 0 Å². The number of allylic oxidation sites excluding steroid dienone is 2. The van der Waals surface area contributed by atoms with Crippen molar-refractivity contribution >= 4 is 5.97 Å². The third-order valence-electron chi connectivity index (χ3n) is 18.8. The smallest absolute Gasteiger partial charge is 0.311 e. The first-order chi connectivity index (χ1) is 31.8. The summed E-state index contributed by atoms with van der Waals surface area (Å²) in [5, 5.41) is 151. The van der Waals surface area contributed by atoms with E-state index in [0.29, 0.717) is 38.5 Å². The van der Waals surface area contributed by atoms with Crippen molar-refractivity contribution in [3.63, 3.8) is 0 Å². The van der Waals surface area contributed by atoms with E-state index in [1.165, 1.54) is 12.5 Å². The second-order valence-electron chi connectivity index (χ2n) is 22.6. The minimum absolute atomic E-state index is 0.0279. The van der Waals surface area contributed by atoms with E-state index in [1.54, 1.807) is 6.92 Å². The Hall–Kier alpha value is -1.55. The van der Waals surface area contributed by atoms with Gasteiger partial charge in [0.2, 0.25) is 12.1 Å². The Morgan fingerprint density at radius 2 is 1.41 bits per heavy atom. The van der Waals surface area contributed by atoms with Crippen molar-refractivity contribution in [3.8, 4) is 0 Å². The minimum atomic E-state index is -3.08. The fraction of sp³-hybridized carbons (Fsp3) is 0.936. The zero-order chi connectivity index (χ0) is 49.9. The normalized spacial score (nSPS) is 55.7. The van der Waals surface area contributed by atoms with Crippen molar-refractivity contribution in [2.45, 2.75) is 190 Å². The lowest BCUT2D eigenvalue weighted by molar-refractivity contribution is -0.404. The molecular formula is C47H76O21. The van der Waals surface area contributed by atoms with Gasteiger partial charge < -0.3 is 99.9 Å². The molecule has 7 fully saturated rings. The van der Waals surface area contributed by atoms with Crippen molar-refractivity contribution in [1.82, 2.24) is 0 Å². The number of fused-ring (bicyclic) bond motifs is 7. The molecule has 21 nitrogen and oxygen atoms in total. The van der Waals surface area contributed by atoms with Crippen LogP contribution in [0.5, 0.6) is 0 Å². The van der Waals surface area contributed by atoms with Crippen molar-refractivity contribution in [1.29, 1.82) is 0 Å². The molecule has 0 aromatic heterocycles. The predicted molar refractivity (Wildman–Crippen MR) is 229 cm³/mol. The fourth-order valence-electron chi connectivity index (χ4n) is 14.9. The van der Waals surface area contributed by atoms with E-state index in [-0.39, 0.29) is 47.5 Å². The molecule has 390 valence electrons. The van der Waals surface area contributed by atoms with Crippen molar-refractivity contribution < 1.29 is 105 Å². The summed E-state index contributed by atoms with van der Waals surface area (Å²) in [6.07, 6.45) is -22.4. The Kier molecular flexibility index (Phi) is 14.8. The van der Waals surface area contributed by atoms with E-state index in [0.717, 1.165) is 0 Å². The maximum absolute atomic E-state index is 14.4. The monoisotopic (exact) mass is 976 g/mol. The number of carbonyl (C=O) groups is 1. The minimum Gasteiger partial charge on any atom is -0.432 e. The van der Waals surface area contributed by atoms with Crippen LogP contribution in [0.15, 0.2) is 11.6 Å². The Labute approximate surface area is 395 Å². The van der Waals surface area contributed by atoms with Crippen LogP contribution < -0.4 is 0 Å². The van der Waals surface area contributed by atoms with E-state index in [4.69, 9.17) is 28.4 Å². The molecule has 5 aliphatic carbocycles. The summed E-state index contributed by atoms with van der Waals surface area (Å²) in [5.74, 6) is -4.72. The molecule has 3 aliphatic heterocycles. The molecule has 14 N–H and O–H groups in total. The Morgan fingerprint density at radius 1 is 0.750 bits per heavy atom. The van der Waals surface area contributed by atoms with Gasteiger partial charge in [-0.2, -0.15) is 0 Å². The van der Waals surface area contributed by atoms with Crippen LogP contribution in [-0.4, -0.2) is 207 Å². The van der Waals surface area contributed by atoms with E-state index < -0.39 is 152 Å². The summed E-state index contributed by atoms with van der Waals surface area (Å²) in [6, 6.07) is 0. The molecule has 8 aliphatic rings. The highest BCUT2D eigenvalue weighted by atomic mass is 16.8. The van der Waals surface area contributed by atoms with E-state index in [2.05, 4.69) is 33.8 Å². The predicted octanol–water partition coefficient (Wildman–Crippen LogP) is -3.28. The summed E-state index contributed by atoms with van der Waals surface area (Å²) in [5.41, 5.74) is -0.800.